The van der Waals surface area contributed by atoms with E-state index >= 15 is 0 Å². The Morgan fingerprint density at radius 1 is 1.07 bits per heavy atom. The van der Waals surface area contributed by atoms with E-state index < -0.39 is 23.3 Å². The van der Waals surface area contributed by atoms with Crippen molar-refractivity contribution in [1.82, 2.24) is 20.2 Å². The van der Waals surface area contributed by atoms with Crippen molar-refractivity contribution in [2.45, 2.75) is 37.8 Å². The fourth-order valence-corrected chi connectivity index (χ4v) is 5.19. The number of carbonyl (C=O) groups is 1. The molecule has 1 unspecified atom stereocenters. The Morgan fingerprint density at radius 2 is 1.73 bits per heavy atom. The van der Waals surface area contributed by atoms with E-state index in [4.69, 9.17) is 16.1 Å². The number of aliphatic carboxylic acids is 1. The highest BCUT2D eigenvalue weighted by Crippen LogP contribution is 2.48. The third-order valence-electron chi connectivity index (χ3n) is 7.48. The first kappa shape index (κ1) is 25.9. The Balaban J connectivity index is 1.23. The molecule has 1 aliphatic carbocycles. The molecule has 10 heteroatoms. The number of hydrogen-bond acceptors (Lipinski definition) is 6. The van der Waals surface area contributed by atoms with Crippen LogP contribution in [0.4, 0.5) is 4.39 Å². The van der Waals surface area contributed by atoms with Gasteiger partial charge in [-0.1, -0.05) is 76.6 Å². The highest BCUT2D eigenvalue weighted by atomic mass is 35.5. The van der Waals surface area contributed by atoms with Gasteiger partial charge in [0.05, 0.1) is 29.4 Å². The van der Waals surface area contributed by atoms with Crippen molar-refractivity contribution in [3.05, 3.63) is 112 Å². The molecule has 3 aromatic carbocycles. The van der Waals surface area contributed by atoms with Gasteiger partial charge in [0.25, 0.3) is 0 Å². The molecule has 2 aromatic heterocycles. The SMILES string of the molecule is Cc1noc(-c2ccc(-c3ccc(C4(C(=O)O)CC4)cc3)cc2)c1C(O)c1cn(Cc2c(F)cccc2Cl)nn1. The lowest BCUT2D eigenvalue weighted by atomic mass is 9.93. The third kappa shape index (κ3) is 4.57. The Morgan fingerprint density at radius 3 is 2.35 bits per heavy atom. The summed E-state index contributed by atoms with van der Waals surface area (Å²) in [6.07, 6.45) is 1.68. The maximum atomic E-state index is 14.2. The van der Waals surface area contributed by atoms with Crippen molar-refractivity contribution in [3.63, 3.8) is 0 Å². The molecule has 1 aliphatic rings. The van der Waals surface area contributed by atoms with Crippen molar-refractivity contribution in [2.75, 3.05) is 0 Å². The molecule has 2 N–H and O–H groups in total. The molecule has 0 saturated heterocycles. The number of benzene rings is 3. The molecule has 1 atom stereocenters. The Kier molecular flexibility index (Phi) is 6.48. The van der Waals surface area contributed by atoms with Crippen LogP contribution in [0.3, 0.4) is 0 Å². The van der Waals surface area contributed by atoms with E-state index in [9.17, 15) is 19.4 Å². The number of hydrogen-bond donors (Lipinski definition) is 2. The third-order valence-corrected chi connectivity index (χ3v) is 7.83. The van der Waals surface area contributed by atoms with Crippen molar-refractivity contribution >= 4 is 17.6 Å². The Bertz CT molecular complexity index is 1690. The molecular weight excluding hydrogens is 535 g/mol. The van der Waals surface area contributed by atoms with Gasteiger partial charge in [0.1, 0.15) is 17.6 Å². The predicted octanol–water partition coefficient (Wildman–Crippen LogP) is 5.95. The molecule has 0 bridgehead atoms. The molecule has 1 saturated carbocycles. The number of aliphatic hydroxyl groups excluding tert-OH is 1. The summed E-state index contributed by atoms with van der Waals surface area (Å²) in [5.74, 6) is -0.827. The van der Waals surface area contributed by atoms with Gasteiger partial charge in [0.2, 0.25) is 0 Å². The Hall–Kier alpha value is -4.34. The maximum Gasteiger partial charge on any atom is 0.314 e. The van der Waals surface area contributed by atoms with Crippen LogP contribution >= 0.6 is 11.6 Å². The van der Waals surface area contributed by atoms with Gasteiger partial charge in [-0.25, -0.2) is 9.07 Å². The first-order valence-corrected chi connectivity index (χ1v) is 13.1. The van der Waals surface area contributed by atoms with Crippen LogP contribution in [0.25, 0.3) is 22.5 Å². The van der Waals surface area contributed by atoms with Crippen molar-refractivity contribution in [2.24, 2.45) is 0 Å². The summed E-state index contributed by atoms with van der Waals surface area (Å²) in [4.78, 5) is 11.6. The largest absolute Gasteiger partial charge is 0.481 e. The number of rotatable bonds is 8. The van der Waals surface area contributed by atoms with Gasteiger partial charge < -0.3 is 14.7 Å². The van der Waals surface area contributed by atoms with Gasteiger partial charge in [-0.2, -0.15) is 0 Å². The minimum Gasteiger partial charge on any atom is -0.481 e. The van der Waals surface area contributed by atoms with Gasteiger partial charge >= 0.3 is 5.97 Å². The number of carboxylic acids is 1. The molecule has 2 heterocycles. The summed E-state index contributed by atoms with van der Waals surface area (Å²) in [6, 6.07) is 19.7. The highest BCUT2D eigenvalue weighted by Gasteiger charge is 2.51. The van der Waals surface area contributed by atoms with Crippen LogP contribution in [-0.4, -0.2) is 36.3 Å². The van der Waals surface area contributed by atoms with E-state index in [1.54, 1.807) is 13.0 Å². The van der Waals surface area contributed by atoms with E-state index in [0.29, 0.717) is 35.4 Å². The summed E-state index contributed by atoms with van der Waals surface area (Å²) in [5.41, 5.74) is 4.19. The predicted molar refractivity (Wildman–Crippen MR) is 145 cm³/mol. The zero-order valence-electron chi connectivity index (χ0n) is 21.4. The lowest BCUT2D eigenvalue weighted by molar-refractivity contribution is -0.140. The molecule has 0 spiro atoms. The number of aliphatic hydroxyl groups is 1. The van der Waals surface area contributed by atoms with E-state index in [2.05, 4.69) is 15.5 Å². The van der Waals surface area contributed by atoms with E-state index in [0.717, 1.165) is 16.7 Å². The van der Waals surface area contributed by atoms with E-state index in [-0.39, 0.29) is 22.8 Å². The number of carboxylic acid groups (broad SMARTS) is 1. The zero-order valence-corrected chi connectivity index (χ0v) is 22.1. The molecule has 1 fully saturated rings. The second kappa shape index (κ2) is 10.0. The minimum atomic E-state index is -1.18. The molecule has 5 aromatic rings. The van der Waals surface area contributed by atoms with Crippen LogP contribution in [0.5, 0.6) is 0 Å². The first-order chi connectivity index (χ1) is 19.3. The van der Waals surface area contributed by atoms with Crippen molar-refractivity contribution in [3.8, 4) is 22.5 Å². The van der Waals surface area contributed by atoms with Gasteiger partial charge in [-0.15, -0.1) is 5.10 Å². The standard InChI is InChI=1S/C30H24ClFN4O4/c1-17-26(27(37)25-16-36(35-33-25)15-22-23(31)3-2-4-24(22)32)28(40-34-17)20-7-5-18(6-8-20)19-9-11-21(12-10-19)30(13-14-30)29(38)39/h2-12,16,27,37H,13-15H2,1H3,(H,38,39). The molecular formula is C30H24ClFN4O4. The molecule has 202 valence electrons. The number of aromatic nitrogens is 4. The van der Waals surface area contributed by atoms with Crippen LogP contribution in [0.1, 0.15) is 47.0 Å². The second-order valence-electron chi connectivity index (χ2n) is 10.00. The number of nitrogens with zero attached hydrogens (tertiary/aromatic N) is 4. The normalized spacial score (nSPS) is 14.7. The van der Waals surface area contributed by atoms with E-state index in [1.807, 2.05) is 48.5 Å². The van der Waals surface area contributed by atoms with Crippen molar-refractivity contribution < 1.29 is 23.9 Å². The lowest BCUT2D eigenvalue weighted by Crippen LogP contribution is -2.19. The fourth-order valence-electron chi connectivity index (χ4n) is 4.96. The number of halogens is 2. The quantitative estimate of drug-likeness (QED) is 0.242. The Labute approximate surface area is 233 Å². The van der Waals surface area contributed by atoms with Crippen LogP contribution in [0, 0.1) is 12.7 Å². The zero-order chi connectivity index (χ0) is 28.0. The number of aryl methyl sites for hydroxylation is 1. The van der Waals surface area contributed by atoms with Gasteiger partial charge in [-0.05, 0) is 48.6 Å². The smallest absolute Gasteiger partial charge is 0.314 e. The van der Waals surface area contributed by atoms with Crippen LogP contribution in [0.2, 0.25) is 5.02 Å². The first-order valence-electron chi connectivity index (χ1n) is 12.7. The topological polar surface area (TPSA) is 114 Å². The molecule has 8 nitrogen and oxygen atoms in total. The minimum absolute atomic E-state index is 0.0560. The fraction of sp³-hybridized carbons (Fsp3) is 0.200. The van der Waals surface area contributed by atoms with Crippen LogP contribution in [-0.2, 0) is 16.8 Å². The van der Waals surface area contributed by atoms with Gasteiger partial charge in [0.15, 0.2) is 5.76 Å². The summed E-state index contributed by atoms with van der Waals surface area (Å²) >= 11 is 6.14. The molecule has 0 amide bonds. The maximum absolute atomic E-state index is 14.2. The van der Waals surface area contributed by atoms with Gasteiger partial charge in [0, 0.05) is 16.1 Å². The van der Waals surface area contributed by atoms with Crippen LogP contribution < -0.4 is 0 Å². The lowest BCUT2D eigenvalue weighted by Gasteiger charge is -2.11. The molecule has 40 heavy (non-hydrogen) atoms. The molecule has 0 aliphatic heterocycles. The average Bonchev–Trinajstić information content (AvgIpc) is 3.49. The summed E-state index contributed by atoms with van der Waals surface area (Å²) < 4.78 is 21.2. The average molecular weight is 559 g/mol. The highest BCUT2D eigenvalue weighted by molar-refractivity contribution is 6.31. The summed E-state index contributed by atoms with van der Waals surface area (Å²) in [7, 11) is 0. The monoisotopic (exact) mass is 558 g/mol. The molecule has 6 rings (SSSR count). The molecule has 0 radical (unpaired) electrons. The second-order valence-corrected chi connectivity index (χ2v) is 10.4. The van der Waals surface area contributed by atoms with Gasteiger partial charge in [-0.3, -0.25) is 4.79 Å². The van der Waals surface area contributed by atoms with Crippen LogP contribution in [0.15, 0.2) is 77.4 Å². The van der Waals surface area contributed by atoms with Crippen molar-refractivity contribution in [1.29, 1.82) is 0 Å². The summed E-state index contributed by atoms with van der Waals surface area (Å²) in [5, 5.41) is 33.2. The van der Waals surface area contributed by atoms with E-state index in [1.165, 1.54) is 23.0 Å². The summed E-state index contributed by atoms with van der Waals surface area (Å²) in [6.45, 7) is 1.79.